The molecule has 3 aromatic rings. The normalized spacial score (nSPS) is 11.0. The molecule has 21 heavy (non-hydrogen) atoms. The molecule has 0 aliphatic heterocycles. The topological polar surface area (TPSA) is 54.6 Å². The number of hydrogen-bond acceptors (Lipinski definition) is 2. The van der Waals surface area contributed by atoms with E-state index in [0.29, 0.717) is 11.3 Å². The Balaban J connectivity index is 2.26. The second kappa shape index (κ2) is 4.66. The van der Waals surface area contributed by atoms with E-state index in [1.165, 1.54) is 12.1 Å². The number of carboxylic acids is 1. The lowest BCUT2D eigenvalue weighted by Gasteiger charge is -2.01. The highest BCUT2D eigenvalue weighted by molar-refractivity contribution is 5.89. The third-order valence-corrected chi connectivity index (χ3v) is 3.30. The Kier molecular flexibility index (Phi) is 2.94. The van der Waals surface area contributed by atoms with Crippen molar-refractivity contribution in [1.82, 2.24) is 9.38 Å². The van der Waals surface area contributed by atoms with E-state index in [1.54, 1.807) is 17.5 Å². The molecular weight excluding hydrogens is 278 g/mol. The number of imidazole rings is 1. The van der Waals surface area contributed by atoms with Crippen LogP contribution in [0.25, 0.3) is 16.9 Å². The predicted molar refractivity (Wildman–Crippen MR) is 72.2 cm³/mol. The van der Waals surface area contributed by atoms with Gasteiger partial charge in [0.05, 0.1) is 11.3 Å². The zero-order chi connectivity index (χ0) is 15.1. The molecule has 0 bridgehead atoms. The van der Waals surface area contributed by atoms with Gasteiger partial charge >= 0.3 is 5.97 Å². The van der Waals surface area contributed by atoms with Crippen LogP contribution in [-0.2, 0) is 0 Å². The zero-order valence-corrected chi connectivity index (χ0v) is 11.0. The van der Waals surface area contributed by atoms with Gasteiger partial charge in [-0.3, -0.25) is 0 Å². The number of carboxylic acid groups (broad SMARTS) is 1. The van der Waals surface area contributed by atoms with Crippen LogP contribution in [0.3, 0.4) is 0 Å². The highest BCUT2D eigenvalue weighted by atomic mass is 19.1. The Morgan fingerprint density at radius 3 is 2.71 bits per heavy atom. The number of fused-ring (bicyclic) bond motifs is 1. The number of hydrogen-bond donors (Lipinski definition) is 1. The van der Waals surface area contributed by atoms with Crippen molar-refractivity contribution in [2.24, 2.45) is 0 Å². The fraction of sp³-hybridized carbons (Fsp3) is 0.0667. The van der Waals surface area contributed by atoms with Crippen molar-refractivity contribution in [1.29, 1.82) is 0 Å². The SMILES string of the molecule is Cc1c(-c2cc(F)ccc2F)nc2cc(C(=O)O)ccn12. The van der Waals surface area contributed by atoms with Gasteiger partial charge in [0.1, 0.15) is 17.3 Å². The van der Waals surface area contributed by atoms with Gasteiger partial charge in [-0.25, -0.2) is 18.6 Å². The molecule has 0 fully saturated rings. The first-order chi connectivity index (χ1) is 9.97. The van der Waals surface area contributed by atoms with Crippen LogP contribution >= 0.6 is 0 Å². The molecule has 106 valence electrons. The van der Waals surface area contributed by atoms with Crippen molar-refractivity contribution in [3.8, 4) is 11.3 Å². The summed E-state index contributed by atoms with van der Waals surface area (Å²) in [6.07, 6.45) is 1.54. The van der Waals surface area contributed by atoms with E-state index in [1.807, 2.05) is 0 Å². The first kappa shape index (κ1) is 13.2. The molecule has 0 amide bonds. The maximum absolute atomic E-state index is 13.9. The molecule has 0 spiro atoms. The maximum Gasteiger partial charge on any atom is 0.335 e. The van der Waals surface area contributed by atoms with Crippen molar-refractivity contribution in [2.75, 3.05) is 0 Å². The van der Waals surface area contributed by atoms with E-state index < -0.39 is 17.6 Å². The van der Waals surface area contributed by atoms with Gasteiger partial charge in [-0.15, -0.1) is 0 Å². The van der Waals surface area contributed by atoms with Gasteiger partial charge < -0.3 is 9.51 Å². The molecular formula is C15H10F2N2O2. The number of aryl methyl sites for hydroxylation is 1. The molecule has 0 radical (unpaired) electrons. The van der Waals surface area contributed by atoms with E-state index in [0.717, 1.165) is 18.2 Å². The standard InChI is InChI=1S/C15H10F2N2O2/c1-8-14(11-7-10(16)2-3-12(11)17)18-13-6-9(15(20)21)4-5-19(8)13/h2-7H,1H3,(H,20,21). The highest BCUT2D eigenvalue weighted by Crippen LogP contribution is 2.27. The molecule has 0 atom stereocenters. The lowest BCUT2D eigenvalue weighted by molar-refractivity contribution is 0.0697. The fourth-order valence-electron chi connectivity index (χ4n) is 2.23. The summed E-state index contributed by atoms with van der Waals surface area (Å²) >= 11 is 0. The lowest BCUT2D eigenvalue weighted by Crippen LogP contribution is -1.97. The number of aromatic nitrogens is 2. The minimum atomic E-state index is -1.07. The molecule has 0 unspecified atom stereocenters. The molecule has 3 rings (SSSR count). The molecule has 1 aromatic carbocycles. The predicted octanol–water partition coefficient (Wildman–Crippen LogP) is 3.29. The van der Waals surface area contributed by atoms with Crippen molar-refractivity contribution < 1.29 is 18.7 Å². The Hall–Kier alpha value is -2.76. The average Bonchev–Trinajstić information content (AvgIpc) is 2.78. The van der Waals surface area contributed by atoms with Crippen LogP contribution in [0.5, 0.6) is 0 Å². The van der Waals surface area contributed by atoms with Crippen LogP contribution < -0.4 is 0 Å². The van der Waals surface area contributed by atoms with Gasteiger partial charge in [-0.05, 0) is 37.3 Å². The Morgan fingerprint density at radius 1 is 1.24 bits per heavy atom. The van der Waals surface area contributed by atoms with Crippen molar-refractivity contribution in [2.45, 2.75) is 6.92 Å². The molecule has 0 saturated heterocycles. The number of rotatable bonds is 2. The molecule has 6 heteroatoms. The summed E-state index contributed by atoms with van der Waals surface area (Å²) in [6.45, 7) is 1.71. The van der Waals surface area contributed by atoms with Gasteiger partial charge in [0.25, 0.3) is 0 Å². The molecule has 2 aromatic heterocycles. The smallest absolute Gasteiger partial charge is 0.335 e. The fourth-order valence-corrected chi connectivity index (χ4v) is 2.23. The zero-order valence-electron chi connectivity index (χ0n) is 11.0. The largest absolute Gasteiger partial charge is 0.478 e. The first-order valence-electron chi connectivity index (χ1n) is 6.15. The molecule has 0 aliphatic rings. The summed E-state index contributed by atoms with van der Waals surface area (Å²) in [4.78, 5) is 15.2. The Labute approximate surface area is 118 Å². The summed E-state index contributed by atoms with van der Waals surface area (Å²) in [5, 5.41) is 8.97. The number of aromatic carboxylic acids is 1. The van der Waals surface area contributed by atoms with Crippen LogP contribution in [0.4, 0.5) is 8.78 Å². The summed E-state index contributed by atoms with van der Waals surface area (Å²) in [7, 11) is 0. The second-order valence-corrected chi connectivity index (χ2v) is 4.62. The molecule has 0 saturated carbocycles. The van der Waals surface area contributed by atoms with Crippen LogP contribution in [0.15, 0.2) is 36.5 Å². The highest BCUT2D eigenvalue weighted by Gasteiger charge is 2.16. The molecule has 1 N–H and O–H groups in total. The quantitative estimate of drug-likeness (QED) is 0.787. The summed E-state index contributed by atoms with van der Waals surface area (Å²) in [6, 6.07) is 5.96. The van der Waals surface area contributed by atoms with E-state index in [9.17, 15) is 13.6 Å². The first-order valence-corrected chi connectivity index (χ1v) is 6.15. The van der Waals surface area contributed by atoms with Crippen molar-refractivity contribution >= 4 is 11.6 Å². The minimum absolute atomic E-state index is 0.0491. The lowest BCUT2D eigenvalue weighted by atomic mass is 10.1. The van der Waals surface area contributed by atoms with Crippen molar-refractivity contribution in [3.63, 3.8) is 0 Å². The third kappa shape index (κ3) is 2.14. The van der Waals surface area contributed by atoms with Crippen LogP contribution in [-0.4, -0.2) is 20.5 Å². The van der Waals surface area contributed by atoms with Crippen LogP contribution in [0, 0.1) is 18.6 Å². The third-order valence-electron chi connectivity index (χ3n) is 3.30. The summed E-state index contributed by atoms with van der Waals surface area (Å²) < 4.78 is 28.8. The van der Waals surface area contributed by atoms with Gasteiger partial charge in [0, 0.05) is 17.5 Å². The van der Waals surface area contributed by atoms with E-state index in [2.05, 4.69) is 4.98 Å². The van der Waals surface area contributed by atoms with E-state index >= 15 is 0 Å². The molecule has 0 aliphatic carbocycles. The van der Waals surface area contributed by atoms with Gasteiger partial charge in [-0.1, -0.05) is 0 Å². The van der Waals surface area contributed by atoms with Gasteiger partial charge in [0.15, 0.2) is 0 Å². The number of halogens is 2. The van der Waals surface area contributed by atoms with Gasteiger partial charge in [-0.2, -0.15) is 0 Å². The second-order valence-electron chi connectivity index (χ2n) is 4.62. The minimum Gasteiger partial charge on any atom is -0.478 e. The summed E-state index contributed by atoms with van der Waals surface area (Å²) in [5.41, 5.74) is 1.39. The van der Waals surface area contributed by atoms with Crippen LogP contribution in [0.1, 0.15) is 16.1 Å². The Morgan fingerprint density at radius 2 is 2.00 bits per heavy atom. The van der Waals surface area contributed by atoms with Crippen molar-refractivity contribution in [3.05, 3.63) is 59.4 Å². The molecule has 2 heterocycles. The summed E-state index contributed by atoms with van der Waals surface area (Å²) in [5.74, 6) is -2.22. The maximum atomic E-state index is 13.9. The number of benzene rings is 1. The Bertz CT molecular complexity index is 871. The van der Waals surface area contributed by atoms with Gasteiger partial charge in [0.2, 0.25) is 0 Å². The monoisotopic (exact) mass is 288 g/mol. The van der Waals surface area contributed by atoms with Crippen LogP contribution in [0.2, 0.25) is 0 Å². The number of pyridine rings is 1. The van der Waals surface area contributed by atoms with E-state index in [-0.39, 0.29) is 16.8 Å². The number of nitrogens with zero attached hydrogens (tertiary/aromatic N) is 2. The number of carbonyl (C=O) groups is 1. The molecule has 4 nitrogen and oxygen atoms in total. The van der Waals surface area contributed by atoms with E-state index in [4.69, 9.17) is 5.11 Å². The average molecular weight is 288 g/mol.